The molecule has 1 aromatic carbocycles. The Labute approximate surface area is 97.9 Å². The van der Waals surface area contributed by atoms with Crippen LogP contribution < -0.4 is 5.73 Å². The number of rotatable bonds is 4. The molecule has 0 saturated heterocycles. The second-order valence-corrected chi connectivity index (χ2v) is 4.86. The van der Waals surface area contributed by atoms with E-state index in [0.29, 0.717) is 12.5 Å². The molecule has 0 aliphatic rings. The van der Waals surface area contributed by atoms with Crippen LogP contribution in [0.15, 0.2) is 12.1 Å². The molecular formula is C14H22FN. The molecule has 1 aromatic rings. The highest BCUT2D eigenvalue weighted by Crippen LogP contribution is 2.28. The molecule has 0 bridgehead atoms. The van der Waals surface area contributed by atoms with Crippen LogP contribution in [0.1, 0.15) is 55.7 Å². The molecule has 1 atom stereocenters. The number of hydrogen-bond donors (Lipinski definition) is 1. The number of hydrogen-bond acceptors (Lipinski definition) is 1. The Morgan fingerprint density at radius 1 is 1.19 bits per heavy atom. The van der Waals surface area contributed by atoms with Crippen molar-refractivity contribution < 1.29 is 4.39 Å². The van der Waals surface area contributed by atoms with E-state index >= 15 is 0 Å². The molecule has 0 aromatic heterocycles. The first-order valence-corrected chi connectivity index (χ1v) is 5.97. The molecule has 2 heteroatoms. The first kappa shape index (κ1) is 13.2. The second-order valence-electron chi connectivity index (χ2n) is 4.86. The molecule has 0 heterocycles. The molecule has 16 heavy (non-hydrogen) atoms. The lowest BCUT2D eigenvalue weighted by Crippen LogP contribution is -2.07. The van der Waals surface area contributed by atoms with Crippen LogP contribution in [0.4, 0.5) is 4.39 Å². The highest BCUT2D eigenvalue weighted by Gasteiger charge is 2.14. The van der Waals surface area contributed by atoms with Gasteiger partial charge in [-0.1, -0.05) is 26.8 Å². The average molecular weight is 223 g/mol. The zero-order valence-corrected chi connectivity index (χ0v) is 10.7. The van der Waals surface area contributed by atoms with Crippen molar-refractivity contribution in [3.8, 4) is 0 Å². The van der Waals surface area contributed by atoms with E-state index < -0.39 is 0 Å². The summed E-state index contributed by atoms with van der Waals surface area (Å²) in [5.41, 5.74) is 8.64. The lowest BCUT2D eigenvalue weighted by Gasteiger charge is -2.17. The van der Waals surface area contributed by atoms with Crippen LogP contribution in [-0.2, 0) is 0 Å². The van der Waals surface area contributed by atoms with Crippen LogP contribution in [0.2, 0.25) is 0 Å². The van der Waals surface area contributed by atoms with Crippen molar-refractivity contribution in [3.05, 3.63) is 34.6 Å². The molecule has 0 spiro atoms. The summed E-state index contributed by atoms with van der Waals surface area (Å²) in [6.07, 6.45) is 0.948. The van der Waals surface area contributed by atoms with E-state index in [4.69, 9.17) is 5.73 Å². The predicted octanol–water partition coefficient (Wildman–Crippen LogP) is 3.71. The zero-order chi connectivity index (χ0) is 12.3. The molecule has 1 nitrogen and oxygen atoms in total. The fourth-order valence-corrected chi connectivity index (χ4v) is 2.09. The Morgan fingerprint density at radius 3 is 2.31 bits per heavy atom. The largest absolute Gasteiger partial charge is 0.330 e. The molecule has 1 rings (SSSR count). The molecule has 0 amide bonds. The third-order valence-corrected chi connectivity index (χ3v) is 3.14. The van der Waals surface area contributed by atoms with Crippen molar-refractivity contribution in [3.63, 3.8) is 0 Å². The third-order valence-electron chi connectivity index (χ3n) is 3.14. The monoisotopic (exact) mass is 223 g/mol. The zero-order valence-electron chi connectivity index (χ0n) is 10.7. The van der Waals surface area contributed by atoms with E-state index in [1.807, 2.05) is 26.8 Å². The van der Waals surface area contributed by atoms with Crippen molar-refractivity contribution in [1.82, 2.24) is 0 Å². The second kappa shape index (κ2) is 5.44. The van der Waals surface area contributed by atoms with E-state index in [2.05, 4.69) is 6.92 Å². The van der Waals surface area contributed by atoms with Crippen molar-refractivity contribution in [2.24, 2.45) is 5.73 Å². The average Bonchev–Trinajstić information content (AvgIpc) is 2.17. The van der Waals surface area contributed by atoms with Crippen LogP contribution in [0.5, 0.6) is 0 Å². The van der Waals surface area contributed by atoms with Gasteiger partial charge in [-0.05, 0) is 54.5 Å². The van der Waals surface area contributed by atoms with Crippen molar-refractivity contribution in [2.45, 2.75) is 46.0 Å². The van der Waals surface area contributed by atoms with Gasteiger partial charge in [-0.15, -0.1) is 0 Å². The van der Waals surface area contributed by atoms with Gasteiger partial charge < -0.3 is 5.73 Å². The molecular weight excluding hydrogens is 201 g/mol. The Hall–Kier alpha value is -0.890. The van der Waals surface area contributed by atoms with E-state index in [1.54, 1.807) is 6.07 Å². The normalized spacial score (nSPS) is 13.2. The van der Waals surface area contributed by atoms with Gasteiger partial charge in [0.1, 0.15) is 5.82 Å². The SMILES string of the molecule is Cc1cc(F)c(C(C)C)cc1C(C)CCN. The van der Waals surface area contributed by atoms with Gasteiger partial charge in [0, 0.05) is 0 Å². The van der Waals surface area contributed by atoms with Crippen LogP contribution in [0.25, 0.3) is 0 Å². The number of aryl methyl sites for hydroxylation is 1. The van der Waals surface area contributed by atoms with Crippen LogP contribution in [-0.4, -0.2) is 6.54 Å². The number of halogens is 1. The van der Waals surface area contributed by atoms with Crippen molar-refractivity contribution in [1.29, 1.82) is 0 Å². The van der Waals surface area contributed by atoms with Gasteiger partial charge in [0.2, 0.25) is 0 Å². The first-order chi connectivity index (χ1) is 7.47. The molecule has 1 unspecified atom stereocenters. The molecule has 0 saturated carbocycles. The van der Waals surface area contributed by atoms with E-state index in [-0.39, 0.29) is 11.7 Å². The first-order valence-electron chi connectivity index (χ1n) is 5.97. The summed E-state index contributed by atoms with van der Waals surface area (Å²) < 4.78 is 13.7. The molecule has 0 fully saturated rings. The van der Waals surface area contributed by atoms with Gasteiger partial charge >= 0.3 is 0 Å². The Morgan fingerprint density at radius 2 is 1.81 bits per heavy atom. The minimum Gasteiger partial charge on any atom is -0.330 e. The van der Waals surface area contributed by atoms with Crippen LogP contribution in [0, 0.1) is 12.7 Å². The molecule has 2 N–H and O–H groups in total. The lowest BCUT2D eigenvalue weighted by molar-refractivity contribution is 0.592. The predicted molar refractivity (Wildman–Crippen MR) is 67.3 cm³/mol. The summed E-state index contributed by atoms with van der Waals surface area (Å²) in [5, 5.41) is 0. The molecule has 0 aliphatic carbocycles. The molecule has 0 aliphatic heterocycles. The Kier molecular flexibility index (Phi) is 4.48. The van der Waals surface area contributed by atoms with E-state index in [9.17, 15) is 4.39 Å². The summed E-state index contributed by atoms with van der Waals surface area (Å²) >= 11 is 0. The number of benzene rings is 1. The maximum absolute atomic E-state index is 13.7. The minimum absolute atomic E-state index is 0.0869. The quantitative estimate of drug-likeness (QED) is 0.827. The summed E-state index contributed by atoms with van der Waals surface area (Å²) in [6.45, 7) is 8.83. The molecule has 0 radical (unpaired) electrons. The number of nitrogens with two attached hydrogens (primary N) is 1. The van der Waals surface area contributed by atoms with E-state index in [1.165, 1.54) is 5.56 Å². The van der Waals surface area contributed by atoms with Gasteiger partial charge in [0.15, 0.2) is 0 Å². The highest BCUT2D eigenvalue weighted by atomic mass is 19.1. The maximum atomic E-state index is 13.7. The fraction of sp³-hybridized carbons (Fsp3) is 0.571. The van der Waals surface area contributed by atoms with Gasteiger partial charge in [-0.3, -0.25) is 0 Å². The Bertz CT molecular complexity index is 358. The van der Waals surface area contributed by atoms with Gasteiger partial charge in [0.25, 0.3) is 0 Å². The summed E-state index contributed by atoms with van der Waals surface area (Å²) in [5.74, 6) is 0.545. The lowest BCUT2D eigenvalue weighted by atomic mass is 9.89. The highest BCUT2D eigenvalue weighted by molar-refractivity contribution is 5.36. The van der Waals surface area contributed by atoms with Crippen LogP contribution in [0.3, 0.4) is 0 Å². The molecule has 90 valence electrons. The van der Waals surface area contributed by atoms with Crippen molar-refractivity contribution >= 4 is 0 Å². The topological polar surface area (TPSA) is 26.0 Å². The van der Waals surface area contributed by atoms with E-state index in [0.717, 1.165) is 17.5 Å². The maximum Gasteiger partial charge on any atom is 0.126 e. The summed E-state index contributed by atoms with van der Waals surface area (Å²) in [4.78, 5) is 0. The van der Waals surface area contributed by atoms with Gasteiger partial charge in [0.05, 0.1) is 0 Å². The standard InChI is InChI=1S/C14H22FN/c1-9(2)12-8-13(10(3)5-6-16)11(4)7-14(12)15/h7-10H,5-6,16H2,1-4H3. The van der Waals surface area contributed by atoms with Gasteiger partial charge in [-0.2, -0.15) is 0 Å². The van der Waals surface area contributed by atoms with Crippen molar-refractivity contribution in [2.75, 3.05) is 6.54 Å². The smallest absolute Gasteiger partial charge is 0.126 e. The minimum atomic E-state index is -0.0869. The summed E-state index contributed by atoms with van der Waals surface area (Å²) in [6, 6.07) is 3.66. The Balaban J connectivity index is 3.14. The fourth-order valence-electron chi connectivity index (χ4n) is 2.09. The third kappa shape index (κ3) is 2.82. The van der Waals surface area contributed by atoms with Gasteiger partial charge in [-0.25, -0.2) is 4.39 Å². The van der Waals surface area contributed by atoms with Crippen LogP contribution >= 0.6 is 0 Å². The summed E-state index contributed by atoms with van der Waals surface area (Å²) in [7, 11) is 0.